The molecule has 4 heteroatoms. The minimum absolute atomic E-state index is 0.315. The van der Waals surface area contributed by atoms with Crippen molar-refractivity contribution >= 4 is 5.97 Å². The zero-order valence-corrected chi connectivity index (χ0v) is 10.7. The number of rotatable bonds is 7. The van der Waals surface area contributed by atoms with Crippen LogP contribution in [0.25, 0.3) is 0 Å². The lowest BCUT2D eigenvalue weighted by Crippen LogP contribution is -2.16. The molecule has 0 aliphatic heterocycles. The lowest BCUT2D eigenvalue weighted by Gasteiger charge is -2.11. The Morgan fingerprint density at radius 3 is 2.74 bits per heavy atom. The maximum Gasteiger partial charge on any atom is 0.306 e. The van der Waals surface area contributed by atoms with Gasteiger partial charge in [-0.25, -0.2) is 4.98 Å². The molecule has 0 fully saturated rings. The van der Waals surface area contributed by atoms with Gasteiger partial charge in [-0.05, 0) is 31.2 Å². The highest BCUT2D eigenvalue weighted by molar-refractivity contribution is 5.70. The van der Waals surface area contributed by atoms with Crippen LogP contribution in [0.4, 0.5) is 0 Å². The van der Waals surface area contributed by atoms with Gasteiger partial charge in [0, 0.05) is 11.9 Å². The van der Waals surface area contributed by atoms with Crippen molar-refractivity contribution in [1.29, 1.82) is 0 Å². The monoisotopic (exact) mass is 258 g/mol. The van der Waals surface area contributed by atoms with Crippen molar-refractivity contribution in [3.8, 4) is 0 Å². The van der Waals surface area contributed by atoms with Crippen LogP contribution in [-0.2, 0) is 17.6 Å². The Balaban J connectivity index is 1.84. The van der Waals surface area contributed by atoms with E-state index in [0.717, 1.165) is 24.1 Å². The summed E-state index contributed by atoms with van der Waals surface area (Å²) in [6.07, 6.45) is 6.41. The molecular formula is C15H18N2O2. The Labute approximate surface area is 112 Å². The second kappa shape index (κ2) is 6.73. The number of nitrogens with one attached hydrogen (secondary N) is 1. The number of aromatic amines is 1. The van der Waals surface area contributed by atoms with Gasteiger partial charge in [-0.1, -0.05) is 30.3 Å². The van der Waals surface area contributed by atoms with Crippen LogP contribution in [0, 0.1) is 5.92 Å². The molecule has 0 aliphatic rings. The van der Waals surface area contributed by atoms with Crippen LogP contribution in [0.5, 0.6) is 0 Å². The van der Waals surface area contributed by atoms with Crippen molar-refractivity contribution < 1.29 is 9.90 Å². The first-order chi connectivity index (χ1) is 9.25. The number of hydrogen-bond donors (Lipinski definition) is 2. The van der Waals surface area contributed by atoms with Gasteiger partial charge in [0.1, 0.15) is 0 Å². The molecule has 1 heterocycles. The Morgan fingerprint density at radius 2 is 2.11 bits per heavy atom. The molecule has 2 N–H and O–H groups in total. The first kappa shape index (κ1) is 13.3. The molecule has 19 heavy (non-hydrogen) atoms. The highest BCUT2D eigenvalue weighted by atomic mass is 16.4. The number of aliphatic carboxylic acids is 1. The third-order valence-electron chi connectivity index (χ3n) is 3.23. The molecule has 0 radical (unpaired) electrons. The molecule has 1 unspecified atom stereocenters. The maximum absolute atomic E-state index is 11.3. The van der Waals surface area contributed by atoms with Crippen molar-refractivity contribution in [3.05, 3.63) is 54.1 Å². The number of imidazole rings is 1. The zero-order chi connectivity index (χ0) is 13.5. The first-order valence-electron chi connectivity index (χ1n) is 6.49. The molecule has 100 valence electrons. The fourth-order valence-corrected chi connectivity index (χ4v) is 2.17. The Morgan fingerprint density at radius 1 is 1.32 bits per heavy atom. The molecule has 0 bridgehead atoms. The lowest BCUT2D eigenvalue weighted by molar-refractivity contribution is -0.141. The molecule has 0 spiro atoms. The van der Waals surface area contributed by atoms with E-state index in [4.69, 9.17) is 0 Å². The van der Waals surface area contributed by atoms with Crippen LogP contribution in [0.15, 0.2) is 42.9 Å². The second-order valence-corrected chi connectivity index (χ2v) is 4.69. The van der Waals surface area contributed by atoms with Crippen LogP contribution < -0.4 is 0 Å². The number of H-pyrrole nitrogens is 1. The molecule has 2 aromatic rings. The van der Waals surface area contributed by atoms with Crippen LogP contribution in [-0.4, -0.2) is 21.0 Å². The van der Waals surface area contributed by atoms with Crippen molar-refractivity contribution in [1.82, 2.24) is 9.97 Å². The van der Waals surface area contributed by atoms with Gasteiger partial charge in [0.25, 0.3) is 0 Å². The third-order valence-corrected chi connectivity index (χ3v) is 3.23. The molecule has 0 saturated heterocycles. The van der Waals surface area contributed by atoms with Crippen molar-refractivity contribution in [2.24, 2.45) is 5.92 Å². The fourth-order valence-electron chi connectivity index (χ4n) is 2.17. The van der Waals surface area contributed by atoms with E-state index in [1.165, 1.54) is 0 Å². The minimum Gasteiger partial charge on any atom is -0.481 e. The highest BCUT2D eigenvalue weighted by Crippen LogP contribution is 2.16. The largest absolute Gasteiger partial charge is 0.481 e. The van der Waals surface area contributed by atoms with Gasteiger partial charge >= 0.3 is 5.97 Å². The quantitative estimate of drug-likeness (QED) is 0.802. The van der Waals surface area contributed by atoms with Crippen LogP contribution in [0.3, 0.4) is 0 Å². The number of aromatic nitrogens is 2. The van der Waals surface area contributed by atoms with Crippen molar-refractivity contribution in [2.45, 2.75) is 25.7 Å². The topological polar surface area (TPSA) is 66.0 Å². The summed E-state index contributed by atoms with van der Waals surface area (Å²) in [5.74, 6) is -1.03. The molecule has 0 saturated carbocycles. The van der Waals surface area contributed by atoms with E-state index in [1.54, 1.807) is 12.5 Å². The summed E-state index contributed by atoms with van der Waals surface area (Å²) < 4.78 is 0. The fraction of sp³-hybridized carbons (Fsp3) is 0.333. The van der Waals surface area contributed by atoms with Gasteiger partial charge in [0.05, 0.1) is 12.2 Å². The molecule has 2 rings (SSSR count). The predicted octanol–water partition coefficient (Wildman–Crippen LogP) is 2.68. The highest BCUT2D eigenvalue weighted by Gasteiger charge is 2.17. The molecular weight excluding hydrogens is 240 g/mol. The molecule has 0 aliphatic carbocycles. The number of carbonyl (C=O) groups is 1. The van der Waals surface area contributed by atoms with E-state index < -0.39 is 5.97 Å². The first-order valence-corrected chi connectivity index (χ1v) is 6.49. The van der Waals surface area contributed by atoms with Crippen LogP contribution in [0.1, 0.15) is 24.1 Å². The molecule has 1 aromatic carbocycles. The van der Waals surface area contributed by atoms with Gasteiger partial charge in [-0.3, -0.25) is 4.79 Å². The number of nitrogens with zero attached hydrogens (tertiary/aromatic N) is 1. The molecule has 0 amide bonds. The van der Waals surface area contributed by atoms with Crippen molar-refractivity contribution in [2.75, 3.05) is 0 Å². The predicted molar refractivity (Wildman–Crippen MR) is 72.8 cm³/mol. The summed E-state index contributed by atoms with van der Waals surface area (Å²) in [6, 6.07) is 9.78. The Kier molecular flexibility index (Phi) is 4.72. The summed E-state index contributed by atoms with van der Waals surface area (Å²) in [4.78, 5) is 18.3. The van der Waals surface area contributed by atoms with E-state index in [0.29, 0.717) is 12.8 Å². The minimum atomic E-state index is -0.714. The normalized spacial score (nSPS) is 12.2. The van der Waals surface area contributed by atoms with Gasteiger partial charge < -0.3 is 10.1 Å². The zero-order valence-electron chi connectivity index (χ0n) is 10.7. The van der Waals surface area contributed by atoms with E-state index in [1.807, 2.05) is 30.3 Å². The molecule has 1 aromatic heterocycles. The summed E-state index contributed by atoms with van der Waals surface area (Å²) in [5, 5.41) is 9.27. The van der Waals surface area contributed by atoms with Gasteiger partial charge in [-0.15, -0.1) is 0 Å². The molecule has 4 nitrogen and oxygen atoms in total. The summed E-state index contributed by atoms with van der Waals surface area (Å²) in [6.45, 7) is 0. The SMILES string of the molecule is O=C(O)C(CCCc1cnc[nH]1)Cc1ccccc1. The number of carboxylic acids is 1. The number of benzene rings is 1. The van der Waals surface area contributed by atoms with Gasteiger partial charge in [0.15, 0.2) is 0 Å². The number of aryl methyl sites for hydroxylation is 1. The standard InChI is InChI=1S/C15H18N2O2/c18-15(19)13(9-12-5-2-1-3-6-12)7-4-8-14-10-16-11-17-14/h1-3,5-6,10-11,13H,4,7-9H2,(H,16,17)(H,18,19). The van der Waals surface area contributed by atoms with Crippen LogP contribution >= 0.6 is 0 Å². The maximum atomic E-state index is 11.3. The Hall–Kier alpha value is -2.10. The number of hydrogen-bond acceptors (Lipinski definition) is 2. The second-order valence-electron chi connectivity index (χ2n) is 4.69. The van der Waals surface area contributed by atoms with Gasteiger partial charge in [-0.2, -0.15) is 0 Å². The van der Waals surface area contributed by atoms with Crippen molar-refractivity contribution in [3.63, 3.8) is 0 Å². The smallest absolute Gasteiger partial charge is 0.306 e. The van der Waals surface area contributed by atoms with E-state index >= 15 is 0 Å². The average molecular weight is 258 g/mol. The third kappa shape index (κ3) is 4.25. The van der Waals surface area contributed by atoms with E-state index in [2.05, 4.69) is 9.97 Å². The lowest BCUT2D eigenvalue weighted by atomic mass is 9.94. The van der Waals surface area contributed by atoms with Gasteiger partial charge in [0.2, 0.25) is 0 Å². The summed E-state index contributed by atoms with van der Waals surface area (Å²) in [7, 11) is 0. The Bertz CT molecular complexity index is 494. The van der Waals surface area contributed by atoms with E-state index in [-0.39, 0.29) is 5.92 Å². The molecule has 1 atom stereocenters. The summed E-state index contributed by atoms with van der Waals surface area (Å²) >= 11 is 0. The number of carboxylic acid groups (broad SMARTS) is 1. The average Bonchev–Trinajstić information content (AvgIpc) is 2.92. The van der Waals surface area contributed by atoms with Crippen LogP contribution in [0.2, 0.25) is 0 Å². The van der Waals surface area contributed by atoms with E-state index in [9.17, 15) is 9.90 Å². The summed E-state index contributed by atoms with van der Waals surface area (Å²) in [5.41, 5.74) is 2.14.